The van der Waals surface area contributed by atoms with E-state index in [4.69, 9.17) is 10.5 Å². The van der Waals surface area contributed by atoms with E-state index in [-0.39, 0.29) is 24.3 Å². The predicted molar refractivity (Wildman–Crippen MR) is 151 cm³/mol. The van der Waals surface area contributed by atoms with E-state index in [9.17, 15) is 14.4 Å². The quantitative estimate of drug-likeness (QED) is 0.324. The fraction of sp³-hybridized carbons (Fsp3) is 0.344. The van der Waals surface area contributed by atoms with Crippen LogP contribution in [-0.4, -0.2) is 23.8 Å². The number of hydrogen-bond acceptors (Lipinski definition) is 4. The number of nitrogens with two attached hydrogens (primary N) is 1. The Balaban J connectivity index is 1.42. The molecule has 39 heavy (non-hydrogen) atoms. The number of carbonyl (C=O) groups excluding carboxylic acids is 3. The van der Waals surface area contributed by atoms with Crippen molar-refractivity contribution in [3.8, 4) is 5.75 Å². The number of nitrogens with one attached hydrogen (secondary N) is 2. The van der Waals surface area contributed by atoms with Crippen LogP contribution in [0.15, 0.2) is 78.9 Å². The zero-order valence-electron chi connectivity index (χ0n) is 22.4. The summed E-state index contributed by atoms with van der Waals surface area (Å²) in [4.78, 5) is 37.7. The molecule has 1 aliphatic carbocycles. The van der Waals surface area contributed by atoms with Gasteiger partial charge in [0, 0.05) is 18.8 Å². The van der Waals surface area contributed by atoms with Crippen LogP contribution in [0.1, 0.15) is 60.9 Å². The van der Waals surface area contributed by atoms with Crippen molar-refractivity contribution in [1.82, 2.24) is 10.6 Å². The summed E-state index contributed by atoms with van der Waals surface area (Å²) in [5, 5.41) is 6.08. The zero-order valence-corrected chi connectivity index (χ0v) is 22.4. The zero-order chi connectivity index (χ0) is 27.6. The maximum atomic E-state index is 13.5. The van der Waals surface area contributed by atoms with Crippen molar-refractivity contribution >= 4 is 17.7 Å². The van der Waals surface area contributed by atoms with Gasteiger partial charge in [-0.05, 0) is 60.1 Å². The highest BCUT2D eigenvalue weighted by Crippen LogP contribution is 2.29. The Bertz CT molecular complexity index is 1260. The summed E-state index contributed by atoms with van der Waals surface area (Å²) in [6.45, 7) is 2.16. The molecule has 0 heterocycles. The van der Waals surface area contributed by atoms with Gasteiger partial charge in [-0.1, -0.05) is 73.7 Å². The second-order valence-electron chi connectivity index (χ2n) is 10.2. The average Bonchev–Trinajstić information content (AvgIpc) is 2.95. The first-order valence-corrected chi connectivity index (χ1v) is 13.6. The molecule has 3 atom stereocenters. The van der Waals surface area contributed by atoms with Crippen LogP contribution in [0, 0.1) is 5.92 Å². The first-order valence-electron chi connectivity index (χ1n) is 13.6. The highest BCUT2D eigenvalue weighted by atomic mass is 16.5. The Hall–Kier alpha value is -4.13. The van der Waals surface area contributed by atoms with Crippen molar-refractivity contribution in [3.05, 3.63) is 101 Å². The monoisotopic (exact) mass is 527 g/mol. The molecule has 0 aromatic heterocycles. The minimum Gasteiger partial charge on any atom is -0.489 e. The van der Waals surface area contributed by atoms with Crippen LogP contribution in [-0.2, 0) is 33.8 Å². The molecular formula is C32H37N3O4. The third-order valence-electron chi connectivity index (χ3n) is 7.24. The number of hydrogen-bond donors (Lipinski definition) is 3. The van der Waals surface area contributed by atoms with E-state index in [1.807, 2.05) is 66.7 Å². The van der Waals surface area contributed by atoms with E-state index in [1.54, 1.807) is 6.92 Å². The topological polar surface area (TPSA) is 111 Å². The molecule has 4 N–H and O–H groups in total. The molecule has 0 spiro atoms. The molecule has 3 aromatic carbocycles. The Labute approximate surface area is 230 Å². The van der Waals surface area contributed by atoms with Crippen LogP contribution in [0.3, 0.4) is 0 Å². The summed E-state index contributed by atoms with van der Waals surface area (Å²) in [5.41, 5.74) is 9.71. The summed E-state index contributed by atoms with van der Waals surface area (Å²) in [5.74, 6) is -0.632. The molecule has 204 valence electrons. The maximum absolute atomic E-state index is 13.5. The van der Waals surface area contributed by atoms with Crippen LogP contribution >= 0.6 is 0 Å². The van der Waals surface area contributed by atoms with Crippen LogP contribution in [0.5, 0.6) is 5.75 Å². The Morgan fingerprint density at radius 3 is 2.41 bits per heavy atom. The van der Waals surface area contributed by atoms with E-state index < -0.39 is 17.9 Å². The van der Waals surface area contributed by atoms with Crippen molar-refractivity contribution in [1.29, 1.82) is 0 Å². The molecule has 3 amide bonds. The summed E-state index contributed by atoms with van der Waals surface area (Å²) in [6, 6.07) is 24.8. The number of aryl methyl sites for hydroxylation is 1. The van der Waals surface area contributed by atoms with Gasteiger partial charge in [0.1, 0.15) is 18.4 Å². The van der Waals surface area contributed by atoms with Gasteiger partial charge in [-0.3, -0.25) is 14.4 Å². The third-order valence-corrected chi connectivity index (χ3v) is 7.24. The number of ether oxygens (including phenoxy) is 1. The maximum Gasteiger partial charge on any atom is 0.243 e. The highest BCUT2D eigenvalue weighted by molar-refractivity contribution is 5.88. The molecule has 0 fully saturated rings. The number of rotatable bonds is 12. The van der Waals surface area contributed by atoms with E-state index in [2.05, 4.69) is 22.8 Å². The van der Waals surface area contributed by atoms with Crippen molar-refractivity contribution in [2.75, 3.05) is 0 Å². The SMILES string of the molecule is CC(CCC(=O)NC(Cc1ccc(OCc2ccccc2)cc1)C(=O)NC1CCCc2ccccc21)C(N)=O. The third kappa shape index (κ3) is 8.18. The van der Waals surface area contributed by atoms with E-state index in [1.165, 1.54) is 5.56 Å². The van der Waals surface area contributed by atoms with E-state index >= 15 is 0 Å². The number of carbonyl (C=O) groups is 3. The number of benzene rings is 3. The lowest BCUT2D eigenvalue weighted by Gasteiger charge is -2.28. The summed E-state index contributed by atoms with van der Waals surface area (Å²) >= 11 is 0. The lowest BCUT2D eigenvalue weighted by molar-refractivity contribution is -0.130. The Morgan fingerprint density at radius 2 is 1.67 bits per heavy atom. The summed E-state index contributed by atoms with van der Waals surface area (Å²) < 4.78 is 5.88. The van der Waals surface area contributed by atoms with Gasteiger partial charge in [-0.25, -0.2) is 0 Å². The highest BCUT2D eigenvalue weighted by Gasteiger charge is 2.27. The molecule has 0 saturated heterocycles. The average molecular weight is 528 g/mol. The normalized spacial score (nSPS) is 15.9. The lowest BCUT2D eigenvalue weighted by atomic mass is 9.87. The molecule has 0 aliphatic heterocycles. The second kappa shape index (κ2) is 13.6. The fourth-order valence-electron chi connectivity index (χ4n) is 4.84. The standard InChI is InChI=1S/C32H37N3O4/c1-22(31(33)37)14-19-30(36)34-29(32(38)35-28-13-7-11-25-10-5-6-12-27(25)28)20-23-15-17-26(18-16-23)39-21-24-8-3-2-4-9-24/h2-6,8-10,12,15-18,22,28-29H,7,11,13-14,19-21H2,1H3,(H2,33,37)(H,34,36)(H,35,38). The van der Waals surface area contributed by atoms with Gasteiger partial charge < -0.3 is 21.1 Å². The van der Waals surface area contributed by atoms with Gasteiger partial charge >= 0.3 is 0 Å². The summed E-state index contributed by atoms with van der Waals surface area (Å²) in [6.07, 6.45) is 3.63. The lowest BCUT2D eigenvalue weighted by Crippen LogP contribution is -2.49. The smallest absolute Gasteiger partial charge is 0.243 e. The molecule has 1 aliphatic rings. The second-order valence-corrected chi connectivity index (χ2v) is 10.2. The summed E-state index contributed by atoms with van der Waals surface area (Å²) in [7, 11) is 0. The predicted octanol–water partition coefficient (Wildman–Crippen LogP) is 4.39. The molecule has 3 aromatic rings. The van der Waals surface area contributed by atoms with Crippen molar-refractivity contribution < 1.29 is 19.1 Å². The molecule has 0 saturated carbocycles. The van der Waals surface area contributed by atoms with Crippen LogP contribution in [0.4, 0.5) is 0 Å². The Morgan fingerprint density at radius 1 is 0.949 bits per heavy atom. The van der Waals surface area contributed by atoms with Crippen molar-refractivity contribution in [2.24, 2.45) is 11.7 Å². The van der Waals surface area contributed by atoms with Crippen molar-refractivity contribution in [3.63, 3.8) is 0 Å². The minimum absolute atomic E-state index is 0.0921. The van der Waals surface area contributed by atoms with Crippen LogP contribution < -0.4 is 21.1 Å². The number of amides is 3. The first kappa shape index (κ1) is 27.9. The molecule has 7 nitrogen and oxygen atoms in total. The first-order chi connectivity index (χ1) is 18.9. The largest absolute Gasteiger partial charge is 0.489 e. The number of fused-ring (bicyclic) bond motifs is 1. The van der Waals surface area contributed by atoms with E-state index in [0.29, 0.717) is 19.4 Å². The van der Waals surface area contributed by atoms with Gasteiger partial charge in [0.05, 0.1) is 6.04 Å². The van der Waals surface area contributed by atoms with Gasteiger partial charge in [0.2, 0.25) is 17.7 Å². The molecule has 3 unspecified atom stereocenters. The molecular weight excluding hydrogens is 490 g/mol. The van der Waals surface area contributed by atoms with E-state index in [0.717, 1.165) is 41.7 Å². The van der Waals surface area contributed by atoms with Gasteiger partial charge in [-0.2, -0.15) is 0 Å². The Kier molecular flexibility index (Phi) is 9.73. The van der Waals surface area contributed by atoms with Gasteiger partial charge in [0.25, 0.3) is 0 Å². The fourth-order valence-corrected chi connectivity index (χ4v) is 4.84. The molecule has 0 bridgehead atoms. The molecule has 4 rings (SSSR count). The molecule has 0 radical (unpaired) electrons. The van der Waals surface area contributed by atoms with Crippen LogP contribution in [0.25, 0.3) is 0 Å². The van der Waals surface area contributed by atoms with Gasteiger partial charge in [-0.15, -0.1) is 0 Å². The molecule has 7 heteroatoms. The number of primary amides is 1. The van der Waals surface area contributed by atoms with Crippen molar-refractivity contribution in [2.45, 2.75) is 64.1 Å². The van der Waals surface area contributed by atoms with Crippen LogP contribution in [0.2, 0.25) is 0 Å². The van der Waals surface area contributed by atoms with Gasteiger partial charge in [0.15, 0.2) is 0 Å². The minimum atomic E-state index is -0.758.